The predicted molar refractivity (Wildman–Crippen MR) is 59.4 cm³/mol. The summed E-state index contributed by atoms with van der Waals surface area (Å²) in [6, 6.07) is 6.38. The molecule has 0 radical (unpaired) electrons. The van der Waals surface area contributed by atoms with E-state index >= 15 is 0 Å². The standard InChI is InChI=1S/C12H15FN2O/c1-12(9-5-2-3-6-10(9)13)11(16)14-7-4-8-15-12/h2-3,5-6,15H,4,7-8H2,1H3,(H,14,16). The molecule has 86 valence electrons. The number of rotatable bonds is 1. The molecule has 1 atom stereocenters. The molecular formula is C12H15FN2O. The van der Waals surface area contributed by atoms with Crippen LogP contribution in [0.5, 0.6) is 0 Å². The van der Waals surface area contributed by atoms with Crippen molar-refractivity contribution in [3.8, 4) is 0 Å². The molecule has 0 aliphatic carbocycles. The van der Waals surface area contributed by atoms with Crippen LogP contribution < -0.4 is 10.6 Å². The van der Waals surface area contributed by atoms with Gasteiger partial charge in [0.25, 0.3) is 0 Å². The Hall–Kier alpha value is -1.42. The minimum absolute atomic E-state index is 0.171. The lowest BCUT2D eigenvalue weighted by atomic mass is 9.90. The Morgan fingerprint density at radius 3 is 2.81 bits per heavy atom. The molecule has 2 rings (SSSR count). The number of carbonyl (C=O) groups is 1. The molecule has 0 saturated carbocycles. The summed E-state index contributed by atoms with van der Waals surface area (Å²) in [5, 5.41) is 5.91. The van der Waals surface area contributed by atoms with Gasteiger partial charge in [-0.2, -0.15) is 0 Å². The van der Waals surface area contributed by atoms with Crippen LogP contribution in [0, 0.1) is 5.82 Å². The summed E-state index contributed by atoms with van der Waals surface area (Å²) >= 11 is 0. The molecule has 1 aliphatic heterocycles. The van der Waals surface area contributed by atoms with Gasteiger partial charge in [-0.25, -0.2) is 4.39 Å². The first-order valence-electron chi connectivity index (χ1n) is 5.43. The second-order valence-electron chi connectivity index (χ2n) is 4.14. The van der Waals surface area contributed by atoms with Crippen molar-refractivity contribution in [3.63, 3.8) is 0 Å². The Bertz CT molecular complexity index is 408. The molecule has 0 bridgehead atoms. The van der Waals surface area contributed by atoms with Crippen molar-refractivity contribution in [1.29, 1.82) is 0 Å². The van der Waals surface area contributed by atoms with E-state index in [1.165, 1.54) is 6.07 Å². The number of hydrogen-bond donors (Lipinski definition) is 2. The molecule has 2 N–H and O–H groups in total. The van der Waals surface area contributed by atoms with E-state index in [1.54, 1.807) is 25.1 Å². The zero-order valence-corrected chi connectivity index (χ0v) is 9.22. The fourth-order valence-corrected chi connectivity index (χ4v) is 1.97. The Morgan fingerprint density at radius 1 is 1.31 bits per heavy atom. The van der Waals surface area contributed by atoms with Gasteiger partial charge in [-0.15, -0.1) is 0 Å². The summed E-state index contributed by atoms with van der Waals surface area (Å²) in [7, 11) is 0. The molecule has 4 heteroatoms. The average Bonchev–Trinajstić information content (AvgIpc) is 2.43. The highest BCUT2D eigenvalue weighted by Gasteiger charge is 2.37. The lowest BCUT2D eigenvalue weighted by Gasteiger charge is -2.28. The van der Waals surface area contributed by atoms with Gasteiger partial charge in [0.2, 0.25) is 5.91 Å². The van der Waals surface area contributed by atoms with Crippen LogP contribution in [-0.2, 0) is 10.3 Å². The van der Waals surface area contributed by atoms with E-state index in [2.05, 4.69) is 10.6 Å². The van der Waals surface area contributed by atoms with Crippen LogP contribution in [-0.4, -0.2) is 19.0 Å². The molecule has 1 heterocycles. The van der Waals surface area contributed by atoms with Crippen LogP contribution in [0.2, 0.25) is 0 Å². The minimum atomic E-state index is -0.970. The monoisotopic (exact) mass is 222 g/mol. The fourth-order valence-electron chi connectivity index (χ4n) is 1.97. The summed E-state index contributed by atoms with van der Waals surface area (Å²) in [6.07, 6.45) is 0.857. The van der Waals surface area contributed by atoms with Crippen molar-refractivity contribution >= 4 is 5.91 Å². The van der Waals surface area contributed by atoms with Crippen LogP contribution in [0.1, 0.15) is 18.9 Å². The maximum atomic E-state index is 13.7. The lowest BCUT2D eigenvalue weighted by Crippen LogP contribution is -2.50. The number of nitrogens with one attached hydrogen (secondary N) is 2. The van der Waals surface area contributed by atoms with Gasteiger partial charge in [0.1, 0.15) is 11.4 Å². The molecule has 0 aromatic heterocycles. The number of halogens is 1. The second kappa shape index (κ2) is 4.22. The Balaban J connectivity index is 2.43. The summed E-state index contributed by atoms with van der Waals surface area (Å²) in [5.74, 6) is -0.523. The van der Waals surface area contributed by atoms with E-state index in [9.17, 15) is 9.18 Å². The maximum absolute atomic E-state index is 13.7. The van der Waals surface area contributed by atoms with E-state index in [1.807, 2.05) is 0 Å². The molecule has 16 heavy (non-hydrogen) atoms. The molecule has 3 nitrogen and oxygen atoms in total. The summed E-state index contributed by atoms with van der Waals surface area (Å²) in [6.45, 7) is 3.05. The van der Waals surface area contributed by atoms with Gasteiger partial charge in [-0.05, 0) is 26.0 Å². The third-order valence-electron chi connectivity index (χ3n) is 2.98. The molecule has 1 fully saturated rings. The zero-order chi connectivity index (χ0) is 11.6. The Morgan fingerprint density at radius 2 is 2.06 bits per heavy atom. The topological polar surface area (TPSA) is 41.1 Å². The van der Waals surface area contributed by atoms with Gasteiger partial charge < -0.3 is 5.32 Å². The fraction of sp³-hybridized carbons (Fsp3) is 0.417. The second-order valence-corrected chi connectivity index (χ2v) is 4.14. The Labute approximate surface area is 94.0 Å². The van der Waals surface area contributed by atoms with E-state index < -0.39 is 5.54 Å². The van der Waals surface area contributed by atoms with Gasteiger partial charge in [0.15, 0.2) is 0 Å². The predicted octanol–water partition coefficient (Wildman–Crippen LogP) is 1.15. The third kappa shape index (κ3) is 1.80. The van der Waals surface area contributed by atoms with Gasteiger partial charge >= 0.3 is 0 Å². The van der Waals surface area contributed by atoms with Crippen LogP contribution in [0.3, 0.4) is 0 Å². The van der Waals surface area contributed by atoms with E-state index in [0.717, 1.165) is 6.42 Å². The zero-order valence-electron chi connectivity index (χ0n) is 9.22. The highest BCUT2D eigenvalue weighted by molar-refractivity contribution is 5.87. The summed E-state index contributed by atoms with van der Waals surface area (Å²) < 4.78 is 13.7. The maximum Gasteiger partial charge on any atom is 0.244 e. The van der Waals surface area contributed by atoms with Gasteiger partial charge in [0, 0.05) is 12.1 Å². The van der Waals surface area contributed by atoms with Gasteiger partial charge in [-0.1, -0.05) is 18.2 Å². The van der Waals surface area contributed by atoms with Gasteiger partial charge in [0.05, 0.1) is 0 Å². The van der Waals surface area contributed by atoms with Crippen molar-refractivity contribution in [3.05, 3.63) is 35.6 Å². The first kappa shape index (κ1) is 11.1. The molecule has 1 aromatic rings. The van der Waals surface area contributed by atoms with Crippen molar-refractivity contribution in [2.24, 2.45) is 0 Å². The van der Waals surface area contributed by atoms with Crippen LogP contribution in [0.4, 0.5) is 4.39 Å². The summed E-state index contributed by atoms with van der Waals surface area (Å²) in [4.78, 5) is 11.9. The van der Waals surface area contributed by atoms with Crippen molar-refractivity contribution < 1.29 is 9.18 Å². The van der Waals surface area contributed by atoms with E-state index in [4.69, 9.17) is 0 Å². The molecule has 1 aromatic carbocycles. The molecule has 1 saturated heterocycles. The highest BCUT2D eigenvalue weighted by atomic mass is 19.1. The van der Waals surface area contributed by atoms with Crippen LogP contribution >= 0.6 is 0 Å². The number of amides is 1. The molecular weight excluding hydrogens is 207 g/mol. The number of benzene rings is 1. The molecule has 1 aliphatic rings. The first-order valence-corrected chi connectivity index (χ1v) is 5.43. The number of carbonyl (C=O) groups excluding carboxylic acids is 1. The third-order valence-corrected chi connectivity index (χ3v) is 2.98. The van der Waals surface area contributed by atoms with Crippen LogP contribution in [0.25, 0.3) is 0 Å². The quantitative estimate of drug-likeness (QED) is 0.748. The average molecular weight is 222 g/mol. The van der Waals surface area contributed by atoms with Crippen molar-refractivity contribution in [2.45, 2.75) is 18.9 Å². The van der Waals surface area contributed by atoms with Gasteiger partial charge in [-0.3, -0.25) is 10.1 Å². The first-order chi connectivity index (χ1) is 7.64. The molecule has 1 unspecified atom stereocenters. The van der Waals surface area contributed by atoms with Crippen molar-refractivity contribution in [1.82, 2.24) is 10.6 Å². The smallest absolute Gasteiger partial charge is 0.244 e. The minimum Gasteiger partial charge on any atom is -0.354 e. The molecule has 0 spiro atoms. The lowest BCUT2D eigenvalue weighted by molar-refractivity contribution is -0.126. The molecule has 1 amide bonds. The van der Waals surface area contributed by atoms with E-state index in [0.29, 0.717) is 18.7 Å². The highest BCUT2D eigenvalue weighted by Crippen LogP contribution is 2.24. The largest absolute Gasteiger partial charge is 0.354 e. The van der Waals surface area contributed by atoms with Crippen molar-refractivity contribution in [2.75, 3.05) is 13.1 Å². The Kier molecular flexibility index (Phi) is 2.92. The number of hydrogen-bond acceptors (Lipinski definition) is 2. The summed E-state index contributed by atoms with van der Waals surface area (Å²) in [5.41, 5.74) is -0.573. The normalized spacial score (nSPS) is 26.0. The SMILES string of the molecule is CC1(c2ccccc2F)NCCCNC1=O. The van der Waals surface area contributed by atoms with E-state index in [-0.39, 0.29) is 11.7 Å². The van der Waals surface area contributed by atoms with Crippen LogP contribution in [0.15, 0.2) is 24.3 Å².